The fourth-order valence-corrected chi connectivity index (χ4v) is 5.01. The molecule has 3 aromatic rings. The summed E-state index contributed by atoms with van der Waals surface area (Å²) >= 11 is 8.02. The third kappa shape index (κ3) is 5.58. The second-order valence-corrected chi connectivity index (χ2v) is 9.50. The van der Waals surface area contributed by atoms with Crippen molar-refractivity contribution >= 4 is 72.8 Å². The maximum absolute atomic E-state index is 9.58. The molecule has 0 radical (unpaired) electrons. The maximum atomic E-state index is 9.58. The molecule has 0 saturated carbocycles. The number of benzene rings is 3. The Hall–Kier alpha value is -1.37. The predicted octanol–water partition coefficient (Wildman–Crippen LogP) is 7.61. The lowest BCUT2D eigenvalue weighted by Gasteiger charge is -2.12. The molecular formula is C23H16BrI2NO. The second kappa shape index (κ2) is 9.90. The number of hydrogen-bond donors (Lipinski definition) is 0. The molecule has 0 unspecified atom stereocenters. The molecule has 5 heteroatoms. The minimum atomic E-state index is 0.515. The first-order valence-electron chi connectivity index (χ1n) is 8.51. The molecule has 0 bridgehead atoms. The quantitative estimate of drug-likeness (QED) is 0.161. The molecule has 28 heavy (non-hydrogen) atoms. The van der Waals surface area contributed by atoms with E-state index in [0.717, 1.165) is 34.1 Å². The van der Waals surface area contributed by atoms with E-state index in [1.165, 1.54) is 5.56 Å². The molecular weight excluding hydrogens is 640 g/mol. The number of halogens is 3. The summed E-state index contributed by atoms with van der Waals surface area (Å²) in [6.07, 6.45) is 1.92. The van der Waals surface area contributed by atoms with Gasteiger partial charge in [0.15, 0.2) is 0 Å². The highest BCUT2D eigenvalue weighted by molar-refractivity contribution is 14.1. The highest BCUT2D eigenvalue weighted by atomic mass is 127. The first-order chi connectivity index (χ1) is 13.5. The van der Waals surface area contributed by atoms with Gasteiger partial charge in [-0.25, -0.2) is 0 Å². The van der Waals surface area contributed by atoms with Crippen LogP contribution >= 0.6 is 61.1 Å². The molecule has 2 nitrogen and oxygen atoms in total. The lowest BCUT2D eigenvalue weighted by molar-refractivity contribution is 0.301. The molecule has 0 aromatic heterocycles. The van der Waals surface area contributed by atoms with Gasteiger partial charge >= 0.3 is 0 Å². The van der Waals surface area contributed by atoms with Crippen LogP contribution in [0.2, 0.25) is 0 Å². The predicted molar refractivity (Wildman–Crippen MR) is 135 cm³/mol. The molecule has 0 amide bonds. The van der Waals surface area contributed by atoms with E-state index >= 15 is 0 Å². The Labute approximate surface area is 201 Å². The van der Waals surface area contributed by atoms with Gasteiger partial charge in [-0.15, -0.1) is 0 Å². The molecule has 0 aliphatic rings. The molecule has 0 fully saturated rings. The summed E-state index contributed by atoms with van der Waals surface area (Å²) in [5.74, 6) is 0.870. The van der Waals surface area contributed by atoms with Crippen LogP contribution in [0.25, 0.3) is 11.6 Å². The van der Waals surface area contributed by atoms with Gasteiger partial charge in [0, 0.05) is 4.47 Å². The smallest absolute Gasteiger partial charge is 0.146 e. The second-order valence-electron chi connectivity index (χ2n) is 6.26. The third-order valence-corrected chi connectivity index (χ3v) is 6.24. The van der Waals surface area contributed by atoms with Crippen molar-refractivity contribution < 1.29 is 4.74 Å². The van der Waals surface area contributed by atoms with E-state index in [9.17, 15) is 5.26 Å². The highest BCUT2D eigenvalue weighted by Gasteiger charge is 2.10. The lowest BCUT2D eigenvalue weighted by Crippen LogP contribution is -1.99. The van der Waals surface area contributed by atoms with E-state index in [4.69, 9.17) is 4.74 Å². The van der Waals surface area contributed by atoms with Crippen LogP contribution in [0.1, 0.15) is 22.3 Å². The zero-order valence-corrected chi connectivity index (χ0v) is 20.9. The topological polar surface area (TPSA) is 33.0 Å². The number of aryl methyl sites for hydroxylation is 1. The average molecular weight is 656 g/mol. The number of allylic oxidation sites excluding steroid dienone is 1. The number of nitriles is 1. The van der Waals surface area contributed by atoms with Crippen LogP contribution in [0.3, 0.4) is 0 Å². The van der Waals surface area contributed by atoms with Crippen molar-refractivity contribution in [2.24, 2.45) is 0 Å². The number of nitrogens with zero attached hydrogens (tertiary/aromatic N) is 1. The van der Waals surface area contributed by atoms with Crippen molar-refractivity contribution in [1.29, 1.82) is 5.26 Å². The van der Waals surface area contributed by atoms with Gasteiger partial charge in [-0.1, -0.05) is 57.9 Å². The Balaban J connectivity index is 1.83. The summed E-state index contributed by atoms with van der Waals surface area (Å²) in [5, 5.41) is 9.58. The molecule has 0 N–H and O–H groups in total. The van der Waals surface area contributed by atoms with Gasteiger partial charge < -0.3 is 4.74 Å². The molecule has 0 saturated heterocycles. The van der Waals surface area contributed by atoms with E-state index < -0.39 is 0 Å². The van der Waals surface area contributed by atoms with Crippen molar-refractivity contribution in [3.05, 3.63) is 94.5 Å². The van der Waals surface area contributed by atoms with Crippen LogP contribution in [0.15, 0.2) is 65.1 Å². The van der Waals surface area contributed by atoms with Gasteiger partial charge in [-0.05, 0) is 99.1 Å². The molecule has 0 heterocycles. The lowest BCUT2D eigenvalue weighted by atomic mass is 10.0. The Morgan fingerprint density at radius 3 is 2.21 bits per heavy atom. The van der Waals surface area contributed by atoms with Crippen molar-refractivity contribution in [2.75, 3.05) is 0 Å². The van der Waals surface area contributed by atoms with Gasteiger partial charge in [0.1, 0.15) is 12.4 Å². The van der Waals surface area contributed by atoms with E-state index in [2.05, 4.69) is 67.2 Å². The number of rotatable bonds is 5. The number of hydrogen-bond acceptors (Lipinski definition) is 2. The van der Waals surface area contributed by atoms with Crippen LogP contribution in [0.5, 0.6) is 5.75 Å². The average Bonchev–Trinajstić information content (AvgIpc) is 2.67. The summed E-state index contributed by atoms with van der Waals surface area (Å²) in [5.41, 5.74) is 4.85. The Bertz CT molecular complexity index is 1030. The first kappa shape index (κ1) is 21.3. The molecule has 3 aromatic carbocycles. The van der Waals surface area contributed by atoms with Crippen LogP contribution in [0, 0.1) is 25.4 Å². The molecule has 0 aliphatic carbocycles. The summed E-state index contributed by atoms with van der Waals surface area (Å²) in [6.45, 7) is 2.55. The van der Waals surface area contributed by atoms with Crippen molar-refractivity contribution in [1.82, 2.24) is 0 Å². The fourth-order valence-electron chi connectivity index (χ4n) is 2.62. The van der Waals surface area contributed by atoms with E-state index in [1.54, 1.807) is 0 Å². The van der Waals surface area contributed by atoms with Crippen LogP contribution < -0.4 is 4.74 Å². The van der Waals surface area contributed by atoms with E-state index in [0.29, 0.717) is 12.2 Å². The largest absolute Gasteiger partial charge is 0.487 e. The minimum absolute atomic E-state index is 0.515. The zero-order valence-electron chi connectivity index (χ0n) is 15.0. The normalized spacial score (nSPS) is 11.2. The molecule has 0 aliphatic heterocycles. The van der Waals surface area contributed by atoms with Crippen LogP contribution in [-0.4, -0.2) is 0 Å². The van der Waals surface area contributed by atoms with Crippen LogP contribution in [-0.2, 0) is 6.61 Å². The first-order valence-corrected chi connectivity index (χ1v) is 11.5. The molecule has 0 spiro atoms. The minimum Gasteiger partial charge on any atom is -0.487 e. The van der Waals surface area contributed by atoms with Gasteiger partial charge in [0.05, 0.1) is 18.8 Å². The van der Waals surface area contributed by atoms with Crippen LogP contribution in [0.4, 0.5) is 0 Å². The van der Waals surface area contributed by atoms with Crippen molar-refractivity contribution in [3.63, 3.8) is 0 Å². The van der Waals surface area contributed by atoms with Gasteiger partial charge in [-0.2, -0.15) is 5.26 Å². The van der Waals surface area contributed by atoms with E-state index in [1.807, 2.05) is 73.7 Å². The van der Waals surface area contributed by atoms with Gasteiger partial charge in [-0.3, -0.25) is 0 Å². The summed E-state index contributed by atoms with van der Waals surface area (Å²) < 4.78 is 9.16. The standard InChI is InChI=1S/C23H16BrI2NO/c1-15-2-6-18(7-3-15)19(13-27)10-17-11-21(25)23(22(26)12-17)28-14-16-4-8-20(24)9-5-16/h2-12H,14H2,1H3/b19-10-. The zero-order chi connectivity index (χ0) is 20.1. The fraction of sp³-hybridized carbons (Fsp3) is 0.0870. The van der Waals surface area contributed by atoms with Crippen molar-refractivity contribution in [3.8, 4) is 11.8 Å². The molecule has 140 valence electrons. The number of ether oxygens (including phenoxy) is 1. The summed E-state index contributed by atoms with van der Waals surface area (Å²) in [6, 6.07) is 22.5. The summed E-state index contributed by atoms with van der Waals surface area (Å²) in [7, 11) is 0. The van der Waals surface area contributed by atoms with Gasteiger partial charge in [0.2, 0.25) is 0 Å². The van der Waals surface area contributed by atoms with E-state index in [-0.39, 0.29) is 0 Å². The van der Waals surface area contributed by atoms with Gasteiger partial charge in [0.25, 0.3) is 0 Å². The van der Waals surface area contributed by atoms with Crippen molar-refractivity contribution in [2.45, 2.75) is 13.5 Å². The molecule has 0 atom stereocenters. The Morgan fingerprint density at radius 2 is 1.64 bits per heavy atom. The SMILES string of the molecule is Cc1ccc(/C(C#N)=C\c2cc(I)c(OCc3ccc(Br)cc3)c(I)c2)cc1. The Kier molecular flexibility index (Phi) is 7.55. The monoisotopic (exact) mass is 655 g/mol. The third-order valence-electron chi connectivity index (χ3n) is 4.11. The molecule has 3 rings (SSSR count). The highest BCUT2D eigenvalue weighted by Crippen LogP contribution is 2.31. The summed E-state index contributed by atoms with van der Waals surface area (Å²) in [4.78, 5) is 0. The maximum Gasteiger partial charge on any atom is 0.146 e. The Morgan fingerprint density at radius 1 is 1.04 bits per heavy atom.